The first-order chi connectivity index (χ1) is 19.1. The van der Waals surface area contributed by atoms with Crippen LogP contribution in [0.4, 0.5) is 32.3 Å². The summed E-state index contributed by atoms with van der Waals surface area (Å²) in [7, 11) is 0. The second-order valence-electron chi connectivity index (χ2n) is 9.77. The van der Waals surface area contributed by atoms with Crippen LogP contribution in [0.15, 0.2) is 66.9 Å². The topological polar surface area (TPSA) is 137 Å². The van der Waals surface area contributed by atoms with Gasteiger partial charge in [-0.05, 0) is 63.1 Å². The number of nitrogens with zero attached hydrogens (tertiary/aromatic N) is 3. The number of carbonyl (C=O) groups excluding carboxylic acids is 3. The molecular weight excluding hydrogens is 512 g/mol. The van der Waals surface area contributed by atoms with E-state index in [1.807, 2.05) is 0 Å². The Balaban J connectivity index is 1.65. The number of amides is 4. The van der Waals surface area contributed by atoms with Gasteiger partial charge in [-0.15, -0.1) is 0 Å². The van der Waals surface area contributed by atoms with E-state index < -0.39 is 17.6 Å². The molecule has 0 spiro atoms. The third-order valence-electron chi connectivity index (χ3n) is 5.36. The Morgan fingerprint density at radius 2 is 1.65 bits per heavy atom. The van der Waals surface area contributed by atoms with Crippen molar-refractivity contribution in [2.24, 2.45) is 0 Å². The monoisotopic (exact) mass is 544 g/mol. The Morgan fingerprint density at radius 1 is 0.975 bits per heavy atom. The molecule has 3 aromatic rings. The summed E-state index contributed by atoms with van der Waals surface area (Å²) in [5.74, 6) is -0.484. The second kappa shape index (κ2) is 13.7. The van der Waals surface area contributed by atoms with Crippen molar-refractivity contribution in [2.75, 3.05) is 29.1 Å². The maximum absolute atomic E-state index is 12.9. The largest absolute Gasteiger partial charge is 0.444 e. The summed E-state index contributed by atoms with van der Waals surface area (Å²) >= 11 is 0. The Hall–Kier alpha value is -4.95. The molecule has 11 nitrogen and oxygen atoms in total. The quantitative estimate of drug-likeness (QED) is 0.257. The summed E-state index contributed by atoms with van der Waals surface area (Å²) in [5.41, 5.74) is 1.90. The fraction of sp³-hybridized carbons (Fsp3) is 0.276. The maximum Gasteiger partial charge on any atom is 0.412 e. The molecule has 1 heterocycles. The number of aliphatic hydroxyl groups excluding tert-OH is 1. The SMILES string of the molecule is [C-]#[N+]c1ccc(NC(=O)N(CCCO)Cc2ccc(C(=O)Nc3ccccc3NC(=O)OC(C)(C)C)nc2)cc1. The zero-order chi connectivity index (χ0) is 29.1. The first-order valence-corrected chi connectivity index (χ1v) is 12.6. The van der Waals surface area contributed by atoms with Gasteiger partial charge in [0.25, 0.3) is 5.91 Å². The Labute approximate surface area is 233 Å². The summed E-state index contributed by atoms with van der Waals surface area (Å²) in [6, 6.07) is 16.1. The number of urea groups is 1. The van der Waals surface area contributed by atoms with Crippen molar-refractivity contribution in [1.29, 1.82) is 0 Å². The van der Waals surface area contributed by atoms with Crippen LogP contribution in [0.1, 0.15) is 43.2 Å². The molecule has 40 heavy (non-hydrogen) atoms. The third-order valence-corrected chi connectivity index (χ3v) is 5.36. The fourth-order valence-corrected chi connectivity index (χ4v) is 3.51. The zero-order valence-electron chi connectivity index (χ0n) is 22.6. The average molecular weight is 545 g/mol. The molecule has 11 heteroatoms. The van der Waals surface area contributed by atoms with Gasteiger partial charge in [0.2, 0.25) is 0 Å². The van der Waals surface area contributed by atoms with E-state index in [0.29, 0.717) is 41.3 Å². The number of carbonyl (C=O) groups is 3. The van der Waals surface area contributed by atoms with Crippen LogP contribution < -0.4 is 16.0 Å². The van der Waals surface area contributed by atoms with Crippen LogP contribution in [0.2, 0.25) is 0 Å². The van der Waals surface area contributed by atoms with Gasteiger partial charge in [0, 0.05) is 31.6 Å². The highest BCUT2D eigenvalue weighted by Crippen LogP contribution is 2.23. The normalized spacial score (nSPS) is 10.7. The van der Waals surface area contributed by atoms with E-state index in [4.69, 9.17) is 11.3 Å². The minimum Gasteiger partial charge on any atom is -0.444 e. The number of pyridine rings is 1. The number of nitrogens with one attached hydrogen (secondary N) is 3. The Bertz CT molecular complexity index is 1360. The van der Waals surface area contributed by atoms with Gasteiger partial charge in [-0.1, -0.05) is 30.3 Å². The van der Waals surface area contributed by atoms with Crippen molar-refractivity contribution in [3.63, 3.8) is 0 Å². The lowest BCUT2D eigenvalue weighted by atomic mass is 10.2. The Morgan fingerprint density at radius 3 is 2.23 bits per heavy atom. The zero-order valence-corrected chi connectivity index (χ0v) is 22.6. The van der Waals surface area contributed by atoms with Gasteiger partial charge >= 0.3 is 12.1 Å². The lowest BCUT2D eigenvalue weighted by molar-refractivity contribution is 0.0635. The van der Waals surface area contributed by atoms with Crippen molar-refractivity contribution >= 4 is 40.8 Å². The highest BCUT2D eigenvalue weighted by Gasteiger charge is 2.19. The molecule has 0 aliphatic rings. The van der Waals surface area contributed by atoms with Crippen molar-refractivity contribution in [2.45, 2.75) is 39.3 Å². The molecular formula is C29H32N6O5. The molecule has 4 amide bonds. The van der Waals surface area contributed by atoms with Crippen LogP contribution in [-0.2, 0) is 11.3 Å². The van der Waals surface area contributed by atoms with E-state index in [-0.39, 0.29) is 24.9 Å². The minimum atomic E-state index is -0.674. The summed E-state index contributed by atoms with van der Waals surface area (Å²) < 4.78 is 5.28. The molecule has 2 aromatic carbocycles. The summed E-state index contributed by atoms with van der Waals surface area (Å²) in [6.07, 6.45) is 1.24. The minimum absolute atomic E-state index is 0.0783. The summed E-state index contributed by atoms with van der Waals surface area (Å²) in [5, 5.41) is 17.4. The second-order valence-corrected chi connectivity index (χ2v) is 9.77. The lowest BCUT2D eigenvalue weighted by Crippen LogP contribution is -2.35. The Kier molecular flexibility index (Phi) is 10.2. The summed E-state index contributed by atoms with van der Waals surface area (Å²) in [6.45, 7) is 12.7. The third kappa shape index (κ3) is 9.11. The highest BCUT2D eigenvalue weighted by atomic mass is 16.6. The van der Waals surface area contributed by atoms with Gasteiger partial charge in [0.15, 0.2) is 5.69 Å². The molecule has 0 fully saturated rings. The van der Waals surface area contributed by atoms with Gasteiger partial charge in [-0.3, -0.25) is 15.1 Å². The lowest BCUT2D eigenvalue weighted by Gasteiger charge is -2.23. The molecule has 0 saturated carbocycles. The van der Waals surface area contributed by atoms with Crippen molar-refractivity contribution in [1.82, 2.24) is 9.88 Å². The first kappa shape index (κ1) is 29.6. The molecule has 1 aromatic heterocycles. The van der Waals surface area contributed by atoms with Crippen LogP contribution in [0.25, 0.3) is 4.85 Å². The fourth-order valence-electron chi connectivity index (χ4n) is 3.51. The van der Waals surface area contributed by atoms with Crippen LogP contribution >= 0.6 is 0 Å². The van der Waals surface area contributed by atoms with Gasteiger partial charge in [-0.2, -0.15) is 0 Å². The van der Waals surface area contributed by atoms with Gasteiger partial charge in [0.05, 0.1) is 17.9 Å². The number of hydrogen-bond acceptors (Lipinski definition) is 6. The van der Waals surface area contributed by atoms with Gasteiger partial charge in [0.1, 0.15) is 11.3 Å². The number of aliphatic hydroxyl groups is 1. The van der Waals surface area contributed by atoms with Gasteiger partial charge < -0.3 is 25.4 Å². The van der Waals surface area contributed by atoms with Crippen LogP contribution in [0, 0.1) is 6.57 Å². The van der Waals surface area contributed by atoms with Crippen LogP contribution in [0.5, 0.6) is 0 Å². The van der Waals surface area contributed by atoms with Crippen molar-refractivity contribution < 1.29 is 24.2 Å². The standard InChI is InChI=1S/C29H32N6O5/c1-29(2,3)40-28(39)34-24-9-6-5-8-23(24)33-26(37)25-15-10-20(18-31-25)19-35(16-7-17-36)27(38)32-22-13-11-21(30-4)12-14-22/h5-6,8-15,18,36H,7,16-17,19H2,1-3H3,(H,32,38)(H,33,37)(H,34,39). The molecule has 0 bridgehead atoms. The molecule has 0 atom stereocenters. The molecule has 208 valence electrons. The van der Waals surface area contributed by atoms with E-state index in [2.05, 4.69) is 25.8 Å². The van der Waals surface area contributed by atoms with E-state index in [1.165, 1.54) is 11.1 Å². The number of aromatic nitrogens is 1. The van der Waals surface area contributed by atoms with E-state index in [9.17, 15) is 19.5 Å². The first-order valence-electron chi connectivity index (χ1n) is 12.6. The predicted octanol–water partition coefficient (Wildman–Crippen LogP) is 5.65. The molecule has 0 aliphatic heterocycles. The van der Waals surface area contributed by atoms with Crippen LogP contribution in [0.3, 0.4) is 0 Å². The predicted molar refractivity (Wildman–Crippen MR) is 152 cm³/mol. The smallest absolute Gasteiger partial charge is 0.412 e. The number of benzene rings is 2. The van der Waals surface area contributed by atoms with E-state index in [1.54, 1.807) is 81.4 Å². The number of hydrogen-bond donors (Lipinski definition) is 4. The van der Waals surface area contributed by atoms with Gasteiger partial charge in [-0.25, -0.2) is 14.4 Å². The van der Waals surface area contributed by atoms with E-state index >= 15 is 0 Å². The molecule has 3 rings (SSSR count). The molecule has 0 radical (unpaired) electrons. The average Bonchev–Trinajstić information content (AvgIpc) is 2.91. The number of para-hydroxylation sites is 2. The van der Waals surface area contributed by atoms with Crippen molar-refractivity contribution in [3.8, 4) is 0 Å². The molecule has 0 saturated heterocycles. The summed E-state index contributed by atoms with van der Waals surface area (Å²) in [4.78, 5) is 47.1. The molecule has 0 unspecified atom stereocenters. The van der Waals surface area contributed by atoms with Crippen molar-refractivity contribution in [3.05, 3.63) is 89.5 Å². The maximum atomic E-state index is 12.9. The number of ether oxygens (including phenoxy) is 1. The molecule has 0 aliphatic carbocycles. The number of anilines is 3. The molecule has 4 N–H and O–H groups in total. The van der Waals surface area contributed by atoms with E-state index in [0.717, 1.165) is 0 Å². The highest BCUT2D eigenvalue weighted by molar-refractivity contribution is 6.05. The van der Waals surface area contributed by atoms with Crippen LogP contribution in [-0.4, -0.2) is 51.8 Å². The number of rotatable bonds is 9.